The zero-order chi connectivity index (χ0) is 12.3. The molecule has 0 fully saturated rings. The van der Waals surface area contributed by atoms with Crippen molar-refractivity contribution in [3.05, 3.63) is 44.9 Å². The second kappa shape index (κ2) is 4.79. The summed E-state index contributed by atoms with van der Waals surface area (Å²) in [7, 11) is 0. The number of thiazole rings is 1. The first-order valence-electron chi connectivity index (χ1n) is 4.75. The normalized spacial score (nSPS) is 10.1. The van der Waals surface area contributed by atoms with Gasteiger partial charge >= 0.3 is 0 Å². The van der Waals surface area contributed by atoms with Crippen LogP contribution in [0.4, 0.5) is 11.4 Å². The van der Waals surface area contributed by atoms with Gasteiger partial charge in [0.15, 0.2) is 0 Å². The van der Waals surface area contributed by atoms with E-state index in [1.54, 1.807) is 5.51 Å². The van der Waals surface area contributed by atoms with E-state index in [9.17, 15) is 15.2 Å². The second-order valence-electron chi connectivity index (χ2n) is 3.29. The average Bonchev–Trinajstić information content (AvgIpc) is 2.80. The summed E-state index contributed by atoms with van der Waals surface area (Å²) in [6, 6.07) is 3.99. The lowest BCUT2D eigenvalue weighted by Gasteiger charge is -2.05. The van der Waals surface area contributed by atoms with Crippen molar-refractivity contribution in [1.82, 2.24) is 4.98 Å². The number of phenols is 1. The quantitative estimate of drug-likeness (QED) is 0.494. The van der Waals surface area contributed by atoms with Crippen LogP contribution in [-0.4, -0.2) is 15.0 Å². The predicted molar refractivity (Wildman–Crippen MR) is 64.2 cm³/mol. The lowest BCUT2D eigenvalue weighted by atomic mass is 10.2. The predicted octanol–water partition coefficient (Wildman–Crippen LogP) is 2.37. The molecule has 0 aliphatic rings. The fourth-order valence-electron chi connectivity index (χ4n) is 1.33. The Morgan fingerprint density at radius 2 is 2.35 bits per heavy atom. The molecule has 1 aromatic carbocycles. The molecule has 0 spiro atoms. The van der Waals surface area contributed by atoms with Crippen LogP contribution in [0, 0.1) is 10.1 Å². The maximum atomic E-state index is 10.8. The van der Waals surface area contributed by atoms with E-state index in [1.807, 2.05) is 5.38 Å². The molecule has 0 aliphatic carbocycles. The minimum Gasteiger partial charge on any atom is -0.508 e. The molecule has 2 aromatic rings. The van der Waals surface area contributed by atoms with Crippen molar-refractivity contribution in [2.24, 2.45) is 0 Å². The zero-order valence-electron chi connectivity index (χ0n) is 8.66. The first-order valence-corrected chi connectivity index (χ1v) is 5.69. The molecule has 6 nitrogen and oxygen atoms in total. The molecule has 2 rings (SSSR count). The number of phenolic OH excluding ortho intramolecular Hbond substituents is 1. The monoisotopic (exact) mass is 251 g/mol. The Morgan fingerprint density at radius 1 is 1.53 bits per heavy atom. The largest absolute Gasteiger partial charge is 0.508 e. The van der Waals surface area contributed by atoms with Crippen molar-refractivity contribution in [3.8, 4) is 5.75 Å². The molecule has 7 heteroatoms. The number of rotatable bonds is 4. The zero-order valence-corrected chi connectivity index (χ0v) is 9.48. The Bertz CT molecular complexity index is 528. The summed E-state index contributed by atoms with van der Waals surface area (Å²) < 4.78 is 0. The molecule has 0 unspecified atom stereocenters. The van der Waals surface area contributed by atoms with Crippen LogP contribution in [-0.2, 0) is 6.54 Å². The number of hydrogen-bond donors (Lipinski definition) is 2. The van der Waals surface area contributed by atoms with E-state index in [1.165, 1.54) is 23.5 Å². The molecule has 0 saturated carbocycles. The smallest absolute Gasteiger partial charge is 0.296 e. The standard InChI is InChI=1S/C10H9N3O3S/c14-8-1-2-9(10(3-8)13(15)16)11-4-7-5-17-6-12-7/h1-3,5-6,11,14H,4H2. The summed E-state index contributed by atoms with van der Waals surface area (Å²) in [6.07, 6.45) is 0. The van der Waals surface area contributed by atoms with Crippen LogP contribution in [0.2, 0.25) is 0 Å². The van der Waals surface area contributed by atoms with Crippen molar-refractivity contribution in [3.63, 3.8) is 0 Å². The summed E-state index contributed by atoms with van der Waals surface area (Å²) in [5.74, 6) is -0.129. The van der Waals surface area contributed by atoms with E-state index in [-0.39, 0.29) is 11.4 Å². The number of aromatic hydroxyl groups is 1. The van der Waals surface area contributed by atoms with Crippen molar-refractivity contribution in [2.75, 3.05) is 5.32 Å². The van der Waals surface area contributed by atoms with Gasteiger partial charge in [0.2, 0.25) is 0 Å². The van der Waals surface area contributed by atoms with Crippen LogP contribution in [0.25, 0.3) is 0 Å². The highest BCUT2D eigenvalue weighted by Crippen LogP contribution is 2.28. The van der Waals surface area contributed by atoms with E-state index in [0.29, 0.717) is 12.2 Å². The number of nitro groups is 1. The number of nitrogens with zero attached hydrogens (tertiary/aromatic N) is 2. The van der Waals surface area contributed by atoms with Crippen molar-refractivity contribution < 1.29 is 10.0 Å². The summed E-state index contributed by atoms with van der Waals surface area (Å²) in [4.78, 5) is 14.3. The van der Waals surface area contributed by atoms with E-state index >= 15 is 0 Å². The Balaban J connectivity index is 2.17. The van der Waals surface area contributed by atoms with Gasteiger partial charge in [0.25, 0.3) is 5.69 Å². The Kier molecular flexibility index (Phi) is 3.20. The molecule has 0 aliphatic heterocycles. The molecule has 0 amide bonds. The topological polar surface area (TPSA) is 88.3 Å². The first kappa shape index (κ1) is 11.3. The van der Waals surface area contributed by atoms with E-state index in [0.717, 1.165) is 11.8 Å². The van der Waals surface area contributed by atoms with Crippen LogP contribution in [0.3, 0.4) is 0 Å². The van der Waals surface area contributed by atoms with Crippen LogP contribution in [0.15, 0.2) is 29.1 Å². The lowest BCUT2D eigenvalue weighted by Crippen LogP contribution is -2.02. The Labute approximate surface area is 101 Å². The maximum Gasteiger partial charge on any atom is 0.296 e. The van der Waals surface area contributed by atoms with Gasteiger partial charge < -0.3 is 10.4 Å². The SMILES string of the molecule is O=[N+]([O-])c1cc(O)ccc1NCc1cscn1. The minimum atomic E-state index is -0.539. The van der Waals surface area contributed by atoms with Crippen LogP contribution in [0.5, 0.6) is 5.75 Å². The average molecular weight is 251 g/mol. The molecule has 1 heterocycles. The van der Waals surface area contributed by atoms with Gasteiger partial charge in [-0.1, -0.05) is 0 Å². The number of hydrogen-bond acceptors (Lipinski definition) is 6. The highest BCUT2D eigenvalue weighted by Gasteiger charge is 2.14. The number of nitro benzene ring substituents is 1. The fourth-order valence-corrected chi connectivity index (χ4v) is 1.89. The van der Waals surface area contributed by atoms with E-state index in [2.05, 4.69) is 10.3 Å². The first-order chi connectivity index (χ1) is 8.16. The number of anilines is 1. The van der Waals surface area contributed by atoms with Gasteiger partial charge in [0.1, 0.15) is 11.4 Å². The van der Waals surface area contributed by atoms with E-state index in [4.69, 9.17) is 0 Å². The van der Waals surface area contributed by atoms with Crippen molar-refractivity contribution in [1.29, 1.82) is 0 Å². The third kappa shape index (κ3) is 2.70. The molecular formula is C10H9N3O3S. The third-order valence-electron chi connectivity index (χ3n) is 2.12. The van der Waals surface area contributed by atoms with Gasteiger partial charge in [-0.25, -0.2) is 4.98 Å². The highest BCUT2D eigenvalue weighted by molar-refractivity contribution is 7.07. The molecule has 88 valence electrons. The second-order valence-corrected chi connectivity index (χ2v) is 4.01. The van der Waals surface area contributed by atoms with Gasteiger partial charge in [0.05, 0.1) is 28.7 Å². The van der Waals surface area contributed by atoms with Crippen LogP contribution in [0.1, 0.15) is 5.69 Å². The lowest BCUT2D eigenvalue weighted by molar-refractivity contribution is -0.384. The number of aromatic nitrogens is 1. The number of nitrogens with one attached hydrogen (secondary N) is 1. The molecule has 17 heavy (non-hydrogen) atoms. The summed E-state index contributed by atoms with van der Waals surface area (Å²) in [6.45, 7) is 0.412. The third-order valence-corrected chi connectivity index (χ3v) is 2.76. The number of benzene rings is 1. The molecule has 0 atom stereocenters. The molecule has 2 N–H and O–H groups in total. The van der Waals surface area contributed by atoms with Crippen molar-refractivity contribution >= 4 is 22.7 Å². The summed E-state index contributed by atoms with van der Waals surface area (Å²) >= 11 is 1.46. The van der Waals surface area contributed by atoms with Gasteiger partial charge in [-0.05, 0) is 12.1 Å². The molecule has 0 saturated heterocycles. The molecule has 0 bridgehead atoms. The minimum absolute atomic E-state index is 0.129. The fraction of sp³-hybridized carbons (Fsp3) is 0.100. The van der Waals surface area contributed by atoms with Gasteiger partial charge in [-0.15, -0.1) is 11.3 Å². The molecule has 1 aromatic heterocycles. The van der Waals surface area contributed by atoms with Gasteiger partial charge in [-0.3, -0.25) is 10.1 Å². The van der Waals surface area contributed by atoms with Crippen molar-refractivity contribution in [2.45, 2.75) is 6.54 Å². The van der Waals surface area contributed by atoms with E-state index < -0.39 is 4.92 Å². The summed E-state index contributed by atoms with van der Waals surface area (Å²) in [5.41, 5.74) is 2.72. The van der Waals surface area contributed by atoms with Gasteiger partial charge in [0, 0.05) is 5.38 Å². The van der Waals surface area contributed by atoms with Crippen LogP contribution < -0.4 is 5.32 Å². The Morgan fingerprint density at radius 3 is 3.00 bits per heavy atom. The van der Waals surface area contributed by atoms with Gasteiger partial charge in [-0.2, -0.15) is 0 Å². The molecule has 0 radical (unpaired) electrons. The summed E-state index contributed by atoms with van der Waals surface area (Å²) in [5, 5.41) is 24.7. The molecular weight excluding hydrogens is 242 g/mol. The Hall–Kier alpha value is -2.15. The maximum absolute atomic E-state index is 10.8. The van der Waals surface area contributed by atoms with Crippen LogP contribution >= 0.6 is 11.3 Å². The highest BCUT2D eigenvalue weighted by atomic mass is 32.1.